The van der Waals surface area contributed by atoms with Gasteiger partial charge in [-0.3, -0.25) is 4.98 Å². The maximum Gasteiger partial charge on any atom is 0.0745 e. The molecule has 2 N–H and O–H groups in total. The van der Waals surface area contributed by atoms with E-state index in [1.165, 1.54) is 16.5 Å². The first-order valence-electron chi connectivity index (χ1n) is 7.03. The molecular weight excluding hydrogens is 232 g/mol. The van der Waals surface area contributed by atoms with Crippen LogP contribution >= 0.6 is 0 Å². The van der Waals surface area contributed by atoms with Crippen LogP contribution in [-0.4, -0.2) is 11.5 Å². The Morgan fingerprint density at radius 1 is 1.21 bits per heavy atom. The van der Waals surface area contributed by atoms with Gasteiger partial charge in [0, 0.05) is 11.1 Å². The molecule has 19 heavy (non-hydrogen) atoms. The van der Waals surface area contributed by atoms with E-state index in [1.54, 1.807) is 0 Å². The average molecular weight is 256 g/mol. The van der Waals surface area contributed by atoms with Crippen LogP contribution in [0.25, 0.3) is 10.9 Å². The Morgan fingerprint density at radius 2 is 1.95 bits per heavy atom. The monoisotopic (exact) mass is 256 g/mol. The number of aromatic nitrogens is 1. The SMILES string of the molecule is Cc1cc(CCCN)nc2c(C(C)(C)C)cccc12. The number of nitrogens with two attached hydrogens (primary N) is 1. The quantitative estimate of drug-likeness (QED) is 0.908. The lowest BCUT2D eigenvalue weighted by Gasteiger charge is -2.21. The Bertz CT molecular complexity index is 580. The van der Waals surface area contributed by atoms with E-state index < -0.39 is 0 Å². The van der Waals surface area contributed by atoms with Crippen molar-refractivity contribution >= 4 is 10.9 Å². The first kappa shape index (κ1) is 14.0. The predicted octanol–water partition coefficient (Wildman–Crippen LogP) is 3.73. The largest absolute Gasteiger partial charge is 0.330 e. The second kappa shape index (κ2) is 5.30. The number of hydrogen-bond donors (Lipinski definition) is 1. The van der Waals surface area contributed by atoms with E-state index in [9.17, 15) is 0 Å². The van der Waals surface area contributed by atoms with E-state index in [0.717, 1.165) is 30.6 Å². The maximum atomic E-state index is 5.60. The molecular formula is C17H24N2. The third kappa shape index (κ3) is 2.95. The van der Waals surface area contributed by atoms with Gasteiger partial charge in [0.1, 0.15) is 0 Å². The van der Waals surface area contributed by atoms with Gasteiger partial charge in [0.05, 0.1) is 5.52 Å². The molecule has 2 nitrogen and oxygen atoms in total. The van der Waals surface area contributed by atoms with Crippen molar-refractivity contribution in [1.82, 2.24) is 4.98 Å². The molecule has 0 bridgehead atoms. The summed E-state index contributed by atoms with van der Waals surface area (Å²) in [6.45, 7) is 9.62. The molecule has 0 fully saturated rings. The molecule has 0 radical (unpaired) electrons. The van der Waals surface area contributed by atoms with Gasteiger partial charge in [0.2, 0.25) is 0 Å². The standard InChI is InChI=1S/C17H24N2/c1-12-11-13(7-6-10-18)19-16-14(12)8-5-9-15(16)17(2,3)4/h5,8-9,11H,6-7,10,18H2,1-4H3. The fraction of sp³-hybridized carbons (Fsp3) is 0.471. The highest BCUT2D eigenvalue weighted by molar-refractivity contribution is 5.85. The smallest absolute Gasteiger partial charge is 0.0745 e. The van der Waals surface area contributed by atoms with Crippen LogP contribution in [0.4, 0.5) is 0 Å². The van der Waals surface area contributed by atoms with Gasteiger partial charge in [0.25, 0.3) is 0 Å². The number of pyridine rings is 1. The molecule has 1 heterocycles. The minimum Gasteiger partial charge on any atom is -0.330 e. The summed E-state index contributed by atoms with van der Waals surface area (Å²) in [6, 6.07) is 8.70. The zero-order valence-electron chi connectivity index (χ0n) is 12.5. The highest BCUT2D eigenvalue weighted by Crippen LogP contribution is 2.30. The van der Waals surface area contributed by atoms with Crippen LogP contribution in [0.5, 0.6) is 0 Å². The number of rotatable bonds is 3. The molecule has 0 saturated carbocycles. The highest BCUT2D eigenvalue weighted by Gasteiger charge is 2.18. The third-order valence-electron chi connectivity index (χ3n) is 3.54. The molecule has 102 valence electrons. The molecule has 2 aromatic rings. The van der Waals surface area contributed by atoms with Crippen molar-refractivity contribution in [2.75, 3.05) is 6.54 Å². The summed E-state index contributed by atoms with van der Waals surface area (Å²) in [5.74, 6) is 0. The normalized spacial score (nSPS) is 12.1. The van der Waals surface area contributed by atoms with Gasteiger partial charge in [-0.15, -0.1) is 0 Å². The number of benzene rings is 1. The van der Waals surface area contributed by atoms with E-state index in [4.69, 9.17) is 10.7 Å². The molecule has 0 unspecified atom stereocenters. The molecule has 0 amide bonds. The van der Waals surface area contributed by atoms with E-state index in [0.29, 0.717) is 0 Å². The fourth-order valence-corrected chi connectivity index (χ4v) is 2.50. The van der Waals surface area contributed by atoms with E-state index in [1.807, 2.05) is 0 Å². The Morgan fingerprint density at radius 3 is 2.58 bits per heavy atom. The predicted molar refractivity (Wildman–Crippen MR) is 82.6 cm³/mol. The van der Waals surface area contributed by atoms with Crippen molar-refractivity contribution in [3.63, 3.8) is 0 Å². The minimum absolute atomic E-state index is 0.117. The lowest BCUT2D eigenvalue weighted by molar-refractivity contribution is 0.594. The van der Waals surface area contributed by atoms with Crippen LogP contribution in [0.1, 0.15) is 44.0 Å². The van der Waals surface area contributed by atoms with Crippen molar-refractivity contribution in [1.29, 1.82) is 0 Å². The van der Waals surface area contributed by atoms with E-state index in [-0.39, 0.29) is 5.41 Å². The van der Waals surface area contributed by atoms with Gasteiger partial charge in [-0.2, -0.15) is 0 Å². The number of para-hydroxylation sites is 1. The minimum atomic E-state index is 0.117. The maximum absolute atomic E-state index is 5.60. The van der Waals surface area contributed by atoms with Crippen molar-refractivity contribution in [2.45, 2.75) is 46.0 Å². The molecule has 0 saturated heterocycles. The molecule has 0 aliphatic carbocycles. The summed E-state index contributed by atoms with van der Waals surface area (Å²) in [6.07, 6.45) is 1.96. The molecule has 2 heteroatoms. The van der Waals surface area contributed by atoms with Gasteiger partial charge in [-0.25, -0.2) is 0 Å². The topological polar surface area (TPSA) is 38.9 Å². The number of aryl methyl sites for hydroxylation is 2. The van der Waals surface area contributed by atoms with Crippen molar-refractivity contribution in [3.8, 4) is 0 Å². The average Bonchev–Trinajstić information content (AvgIpc) is 2.34. The van der Waals surface area contributed by atoms with Gasteiger partial charge >= 0.3 is 0 Å². The molecule has 0 aliphatic heterocycles. The Hall–Kier alpha value is -1.41. The van der Waals surface area contributed by atoms with Crippen LogP contribution in [0.3, 0.4) is 0 Å². The van der Waals surface area contributed by atoms with Gasteiger partial charge in [0.15, 0.2) is 0 Å². The zero-order chi connectivity index (χ0) is 14.0. The molecule has 2 rings (SSSR count). The van der Waals surface area contributed by atoms with Crippen molar-refractivity contribution in [3.05, 3.63) is 41.1 Å². The Balaban J connectivity index is 2.62. The molecule has 0 atom stereocenters. The van der Waals surface area contributed by atoms with Crippen molar-refractivity contribution in [2.24, 2.45) is 5.73 Å². The van der Waals surface area contributed by atoms with E-state index in [2.05, 4.69) is 52.0 Å². The summed E-state index contributed by atoms with van der Waals surface area (Å²) < 4.78 is 0. The lowest BCUT2D eigenvalue weighted by Crippen LogP contribution is -2.13. The third-order valence-corrected chi connectivity index (χ3v) is 3.54. The number of hydrogen-bond acceptors (Lipinski definition) is 2. The summed E-state index contributed by atoms with van der Waals surface area (Å²) in [5.41, 5.74) is 10.7. The van der Waals surface area contributed by atoms with Crippen LogP contribution in [0.2, 0.25) is 0 Å². The van der Waals surface area contributed by atoms with Crippen LogP contribution in [0, 0.1) is 6.92 Å². The van der Waals surface area contributed by atoms with E-state index >= 15 is 0 Å². The molecule has 0 spiro atoms. The lowest BCUT2D eigenvalue weighted by atomic mass is 9.85. The molecule has 1 aromatic heterocycles. The molecule has 1 aromatic carbocycles. The van der Waals surface area contributed by atoms with Crippen LogP contribution in [0.15, 0.2) is 24.3 Å². The Kier molecular flexibility index (Phi) is 3.91. The van der Waals surface area contributed by atoms with Gasteiger partial charge < -0.3 is 5.73 Å². The first-order chi connectivity index (χ1) is 8.93. The fourth-order valence-electron chi connectivity index (χ4n) is 2.50. The number of nitrogens with zero attached hydrogens (tertiary/aromatic N) is 1. The summed E-state index contributed by atoms with van der Waals surface area (Å²) in [7, 11) is 0. The highest BCUT2D eigenvalue weighted by atomic mass is 14.7. The summed E-state index contributed by atoms with van der Waals surface area (Å²) >= 11 is 0. The first-order valence-corrected chi connectivity index (χ1v) is 7.03. The molecule has 0 aliphatic rings. The second-order valence-corrected chi connectivity index (χ2v) is 6.27. The van der Waals surface area contributed by atoms with Gasteiger partial charge in [-0.1, -0.05) is 39.0 Å². The zero-order valence-corrected chi connectivity index (χ0v) is 12.5. The van der Waals surface area contributed by atoms with Gasteiger partial charge in [-0.05, 0) is 48.9 Å². The summed E-state index contributed by atoms with van der Waals surface area (Å²) in [5, 5.41) is 1.27. The Labute approximate surface area is 116 Å². The summed E-state index contributed by atoms with van der Waals surface area (Å²) in [4.78, 5) is 4.88. The van der Waals surface area contributed by atoms with Crippen LogP contribution in [-0.2, 0) is 11.8 Å². The number of fused-ring (bicyclic) bond motifs is 1. The second-order valence-electron chi connectivity index (χ2n) is 6.27. The van der Waals surface area contributed by atoms with Crippen molar-refractivity contribution < 1.29 is 0 Å². The van der Waals surface area contributed by atoms with Crippen LogP contribution < -0.4 is 5.73 Å².